The molecule has 4 heterocycles. The van der Waals surface area contributed by atoms with Gasteiger partial charge in [-0.3, -0.25) is 9.36 Å². The summed E-state index contributed by atoms with van der Waals surface area (Å²) in [6.07, 6.45) is -1.97. The number of rotatable bonds is 2. The van der Waals surface area contributed by atoms with Crippen LogP contribution >= 0.6 is 0 Å². The summed E-state index contributed by atoms with van der Waals surface area (Å²) in [5.41, 5.74) is -1.25. The van der Waals surface area contributed by atoms with E-state index in [4.69, 9.17) is 0 Å². The van der Waals surface area contributed by atoms with Crippen LogP contribution in [0.5, 0.6) is 0 Å². The minimum atomic E-state index is -4.63. The van der Waals surface area contributed by atoms with Crippen molar-refractivity contribution in [3.05, 3.63) is 45.5 Å². The van der Waals surface area contributed by atoms with Crippen LogP contribution in [-0.2, 0) is 26.2 Å². The second-order valence-electron chi connectivity index (χ2n) is 7.05. The highest BCUT2D eigenvalue weighted by Gasteiger charge is 2.35. The fourth-order valence-electron chi connectivity index (χ4n) is 3.55. The number of amides is 1. The molecule has 0 fully saturated rings. The van der Waals surface area contributed by atoms with Crippen molar-refractivity contribution < 1.29 is 18.0 Å². The fraction of sp³-hybridized carbons (Fsp3) is 0.471. The van der Waals surface area contributed by atoms with Gasteiger partial charge in [0.1, 0.15) is 17.1 Å². The van der Waals surface area contributed by atoms with Gasteiger partial charge in [0.2, 0.25) is 0 Å². The highest BCUT2D eigenvalue weighted by Crippen LogP contribution is 2.30. The van der Waals surface area contributed by atoms with E-state index in [0.717, 1.165) is 12.3 Å². The molecule has 3 aromatic heterocycles. The molecule has 9 nitrogen and oxygen atoms in total. The number of alkyl halides is 3. The molecule has 0 saturated carbocycles. The predicted molar refractivity (Wildman–Crippen MR) is 94.4 cm³/mol. The van der Waals surface area contributed by atoms with Crippen molar-refractivity contribution in [2.24, 2.45) is 7.05 Å². The second kappa shape index (κ2) is 6.71. The summed E-state index contributed by atoms with van der Waals surface area (Å²) in [5.74, 6) is 0.0982. The molecule has 1 aliphatic heterocycles. The van der Waals surface area contributed by atoms with Gasteiger partial charge >= 0.3 is 11.9 Å². The van der Waals surface area contributed by atoms with Gasteiger partial charge in [-0.05, 0) is 25.8 Å². The Morgan fingerprint density at radius 1 is 1.31 bits per heavy atom. The van der Waals surface area contributed by atoms with Gasteiger partial charge in [-0.1, -0.05) is 0 Å². The van der Waals surface area contributed by atoms with Crippen molar-refractivity contribution in [3.63, 3.8) is 0 Å². The monoisotopic (exact) mass is 409 g/mol. The van der Waals surface area contributed by atoms with E-state index in [1.54, 1.807) is 11.6 Å². The molecule has 3 aromatic rings. The van der Waals surface area contributed by atoms with Gasteiger partial charge in [0, 0.05) is 31.7 Å². The van der Waals surface area contributed by atoms with E-state index in [2.05, 4.69) is 20.5 Å². The minimum Gasteiger partial charge on any atom is -0.349 e. The molecular weight excluding hydrogens is 391 g/mol. The molecule has 154 valence electrons. The summed E-state index contributed by atoms with van der Waals surface area (Å²) < 4.78 is 43.3. The Labute approximate surface area is 162 Å². The summed E-state index contributed by atoms with van der Waals surface area (Å²) in [6.45, 7) is 1.83. The van der Waals surface area contributed by atoms with Crippen molar-refractivity contribution in [2.75, 3.05) is 0 Å². The number of hydrogen-bond acceptors (Lipinski definition) is 5. The largest absolute Gasteiger partial charge is 0.433 e. The fourth-order valence-corrected chi connectivity index (χ4v) is 3.55. The van der Waals surface area contributed by atoms with Gasteiger partial charge in [-0.25, -0.2) is 19.0 Å². The molecule has 0 bridgehead atoms. The quantitative estimate of drug-likeness (QED) is 0.683. The number of aromatic nitrogens is 6. The molecule has 0 radical (unpaired) electrons. The van der Waals surface area contributed by atoms with E-state index in [1.165, 1.54) is 11.6 Å². The number of fused-ring (bicyclic) bond motifs is 2. The number of aryl methyl sites for hydroxylation is 3. The van der Waals surface area contributed by atoms with Crippen molar-refractivity contribution in [1.29, 1.82) is 0 Å². The first kappa shape index (κ1) is 19.2. The van der Waals surface area contributed by atoms with E-state index in [0.29, 0.717) is 36.1 Å². The molecule has 0 aromatic carbocycles. The maximum atomic E-state index is 13.3. The zero-order valence-electron chi connectivity index (χ0n) is 15.7. The van der Waals surface area contributed by atoms with E-state index >= 15 is 0 Å². The third-order valence-corrected chi connectivity index (χ3v) is 4.97. The Morgan fingerprint density at radius 2 is 2.07 bits per heavy atom. The molecule has 0 spiro atoms. The van der Waals surface area contributed by atoms with E-state index in [-0.39, 0.29) is 28.6 Å². The zero-order valence-corrected chi connectivity index (χ0v) is 15.7. The number of carbonyl (C=O) groups is 1. The van der Waals surface area contributed by atoms with Gasteiger partial charge in [0.25, 0.3) is 5.91 Å². The number of carbonyl (C=O) groups excluding carboxylic acids is 1. The van der Waals surface area contributed by atoms with Crippen LogP contribution in [0.25, 0.3) is 5.65 Å². The van der Waals surface area contributed by atoms with Gasteiger partial charge in [-0.2, -0.15) is 23.4 Å². The van der Waals surface area contributed by atoms with Crippen LogP contribution in [0.2, 0.25) is 0 Å². The summed E-state index contributed by atoms with van der Waals surface area (Å²) >= 11 is 0. The van der Waals surface area contributed by atoms with Crippen LogP contribution in [0.15, 0.2) is 17.1 Å². The maximum absolute atomic E-state index is 13.3. The lowest BCUT2D eigenvalue weighted by Crippen LogP contribution is -2.35. The van der Waals surface area contributed by atoms with Crippen LogP contribution in [0, 0.1) is 6.92 Å². The Balaban J connectivity index is 1.57. The van der Waals surface area contributed by atoms with E-state index in [9.17, 15) is 22.8 Å². The number of nitrogens with zero attached hydrogens (tertiary/aromatic N) is 6. The van der Waals surface area contributed by atoms with Crippen molar-refractivity contribution in [1.82, 2.24) is 34.3 Å². The zero-order chi connectivity index (χ0) is 20.9. The van der Waals surface area contributed by atoms with Crippen LogP contribution in [0.1, 0.15) is 40.4 Å². The standard InChI is InChI=1S/C17H18F3N7O2/c1-9-7-12(17(18,19)20)27-14(22-9)11(8-21-27)15(28)23-10-3-4-13-24-25(2)16(29)26(13)6-5-10/h7-8,10H,3-6H2,1-2H3,(H,23,28). The summed E-state index contributed by atoms with van der Waals surface area (Å²) in [6, 6.07) is 0.630. The number of halogens is 3. The van der Waals surface area contributed by atoms with Gasteiger partial charge < -0.3 is 5.32 Å². The smallest absolute Gasteiger partial charge is 0.349 e. The van der Waals surface area contributed by atoms with Gasteiger partial charge in [0.05, 0.1) is 6.20 Å². The Hall–Kier alpha value is -3.18. The molecule has 1 amide bonds. The molecule has 1 N–H and O–H groups in total. The van der Waals surface area contributed by atoms with Gasteiger partial charge in [-0.15, -0.1) is 0 Å². The average Bonchev–Trinajstić information content (AvgIpc) is 3.10. The van der Waals surface area contributed by atoms with Crippen LogP contribution in [0.3, 0.4) is 0 Å². The Kier molecular flexibility index (Phi) is 4.43. The highest BCUT2D eigenvalue weighted by atomic mass is 19.4. The number of hydrogen-bond donors (Lipinski definition) is 1. The molecule has 29 heavy (non-hydrogen) atoms. The van der Waals surface area contributed by atoms with Crippen molar-refractivity contribution in [2.45, 2.75) is 44.9 Å². The average molecular weight is 409 g/mol. The first-order valence-electron chi connectivity index (χ1n) is 9.01. The SMILES string of the molecule is Cc1cc(C(F)(F)F)n2ncc(C(=O)NC3CCc4nn(C)c(=O)n4CC3)c2n1. The molecule has 1 atom stereocenters. The lowest BCUT2D eigenvalue weighted by molar-refractivity contribution is -0.142. The molecule has 0 aliphatic carbocycles. The van der Waals surface area contributed by atoms with Crippen molar-refractivity contribution >= 4 is 11.6 Å². The number of nitrogens with one attached hydrogen (secondary N) is 1. The van der Waals surface area contributed by atoms with Crippen molar-refractivity contribution in [3.8, 4) is 0 Å². The molecule has 4 rings (SSSR count). The third kappa shape index (κ3) is 3.38. The second-order valence-corrected chi connectivity index (χ2v) is 7.05. The van der Waals surface area contributed by atoms with Crippen LogP contribution in [-0.4, -0.2) is 40.9 Å². The predicted octanol–water partition coefficient (Wildman–Crippen LogP) is 1.09. The third-order valence-electron chi connectivity index (χ3n) is 4.97. The summed E-state index contributed by atoms with van der Waals surface area (Å²) in [5, 5.41) is 10.7. The first-order chi connectivity index (χ1) is 13.6. The topological polar surface area (TPSA) is 99.1 Å². The highest BCUT2D eigenvalue weighted by molar-refractivity contribution is 5.99. The summed E-state index contributed by atoms with van der Waals surface area (Å²) in [7, 11) is 1.58. The van der Waals surface area contributed by atoms with Crippen LogP contribution in [0.4, 0.5) is 13.2 Å². The molecule has 1 aliphatic rings. The molecule has 12 heteroatoms. The maximum Gasteiger partial charge on any atom is 0.433 e. The molecular formula is C17H18F3N7O2. The Bertz CT molecular complexity index is 1160. The summed E-state index contributed by atoms with van der Waals surface area (Å²) in [4.78, 5) is 28.8. The van der Waals surface area contributed by atoms with Crippen LogP contribution < -0.4 is 11.0 Å². The Morgan fingerprint density at radius 3 is 2.79 bits per heavy atom. The van der Waals surface area contributed by atoms with E-state index in [1.807, 2.05) is 0 Å². The van der Waals surface area contributed by atoms with E-state index < -0.39 is 17.8 Å². The van der Waals surface area contributed by atoms with Gasteiger partial charge in [0.15, 0.2) is 5.65 Å². The lowest BCUT2D eigenvalue weighted by Gasteiger charge is -2.15. The first-order valence-corrected chi connectivity index (χ1v) is 9.01. The molecule has 0 saturated heterocycles. The normalized spacial score (nSPS) is 17.2. The molecule has 1 unspecified atom stereocenters. The lowest BCUT2D eigenvalue weighted by atomic mass is 10.1. The minimum absolute atomic E-state index is 0.0305.